The first-order valence-electron chi connectivity index (χ1n) is 9.79. The van der Waals surface area contributed by atoms with Gasteiger partial charge in [-0.2, -0.15) is 0 Å². The number of urea groups is 1. The largest absolute Gasteiger partial charge is 0.490 e. The van der Waals surface area contributed by atoms with E-state index in [2.05, 4.69) is 10.6 Å². The number of hydrogen-bond acceptors (Lipinski definition) is 6. The number of ether oxygens (including phenoxy) is 2. The molecule has 1 heterocycles. The van der Waals surface area contributed by atoms with Crippen molar-refractivity contribution in [1.29, 1.82) is 0 Å². The lowest BCUT2D eigenvalue weighted by molar-refractivity contribution is -0.140. The van der Waals surface area contributed by atoms with Crippen LogP contribution in [0.3, 0.4) is 0 Å². The quantitative estimate of drug-likeness (QED) is 0.376. The summed E-state index contributed by atoms with van der Waals surface area (Å²) < 4.78 is 11.1. The lowest BCUT2D eigenvalue weighted by atomic mass is 10.1. The van der Waals surface area contributed by atoms with Gasteiger partial charge in [-0.05, 0) is 42.8 Å². The molecule has 3 N–H and O–H groups in total. The maximum Gasteiger partial charge on any atom is 0.329 e. The average Bonchev–Trinajstić information content (AvgIpc) is 3.01. The molecule has 3 rings (SSSR count). The van der Waals surface area contributed by atoms with Gasteiger partial charge < -0.3 is 25.2 Å². The zero-order valence-electron chi connectivity index (χ0n) is 17.5. The Morgan fingerprint density at radius 3 is 2.58 bits per heavy atom. The smallest absolute Gasteiger partial charge is 0.329 e. The number of nitrogens with zero attached hydrogens (tertiary/aromatic N) is 1. The minimum absolute atomic E-state index is 0.111. The molecule has 1 aliphatic heterocycles. The van der Waals surface area contributed by atoms with E-state index >= 15 is 0 Å². The summed E-state index contributed by atoms with van der Waals surface area (Å²) >= 11 is 6.34. The van der Waals surface area contributed by atoms with Crippen molar-refractivity contribution in [3.63, 3.8) is 0 Å². The van der Waals surface area contributed by atoms with Crippen molar-refractivity contribution in [2.75, 3.05) is 25.1 Å². The molecule has 33 heavy (non-hydrogen) atoms. The minimum Gasteiger partial charge on any atom is -0.490 e. The van der Waals surface area contributed by atoms with E-state index in [4.69, 9.17) is 26.2 Å². The topological polar surface area (TPSA) is 134 Å². The van der Waals surface area contributed by atoms with E-state index in [0.717, 1.165) is 0 Å². The van der Waals surface area contributed by atoms with Crippen molar-refractivity contribution in [2.45, 2.75) is 6.92 Å². The van der Waals surface area contributed by atoms with Gasteiger partial charge in [-0.1, -0.05) is 29.8 Å². The normalized spacial score (nSPS) is 14.2. The monoisotopic (exact) mass is 473 g/mol. The van der Waals surface area contributed by atoms with Crippen LogP contribution in [0.2, 0.25) is 5.02 Å². The third-order valence-electron chi connectivity index (χ3n) is 4.30. The second kappa shape index (κ2) is 10.5. The molecule has 0 unspecified atom stereocenters. The van der Waals surface area contributed by atoms with Gasteiger partial charge in [0, 0.05) is 5.69 Å². The van der Waals surface area contributed by atoms with E-state index in [0.29, 0.717) is 16.2 Å². The molecule has 0 spiro atoms. The second-order valence-corrected chi connectivity index (χ2v) is 7.15. The first-order chi connectivity index (χ1) is 15.8. The van der Waals surface area contributed by atoms with Crippen LogP contribution in [0.5, 0.6) is 11.5 Å². The number of para-hydroxylation sites is 1. The van der Waals surface area contributed by atoms with Gasteiger partial charge in [-0.3, -0.25) is 14.4 Å². The van der Waals surface area contributed by atoms with E-state index in [9.17, 15) is 19.2 Å². The molecule has 0 radical (unpaired) electrons. The molecule has 0 aromatic heterocycles. The number of rotatable bonds is 9. The van der Waals surface area contributed by atoms with Gasteiger partial charge in [0.05, 0.1) is 11.6 Å². The fourth-order valence-electron chi connectivity index (χ4n) is 2.95. The van der Waals surface area contributed by atoms with Crippen LogP contribution < -0.4 is 20.1 Å². The van der Waals surface area contributed by atoms with E-state index in [1.54, 1.807) is 31.2 Å². The van der Waals surface area contributed by atoms with Gasteiger partial charge in [0.1, 0.15) is 12.2 Å². The highest BCUT2D eigenvalue weighted by Crippen LogP contribution is 2.37. The SMILES string of the molecule is CCOc1cc(/C=C2/NC(=O)N(CC(=O)O)C2=O)cc(Cl)c1OCC(=O)Nc1ccccc1. The Labute approximate surface area is 193 Å². The van der Waals surface area contributed by atoms with E-state index in [1.165, 1.54) is 18.2 Å². The average molecular weight is 474 g/mol. The number of imide groups is 1. The fourth-order valence-corrected chi connectivity index (χ4v) is 3.22. The Balaban J connectivity index is 1.77. The van der Waals surface area contributed by atoms with Crippen LogP contribution in [0, 0.1) is 0 Å². The van der Waals surface area contributed by atoms with Crippen molar-refractivity contribution in [3.8, 4) is 11.5 Å². The number of carbonyl (C=O) groups excluding carboxylic acids is 3. The number of aliphatic carboxylic acids is 1. The van der Waals surface area contributed by atoms with Crippen molar-refractivity contribution in [3.05, 3.63) is 58.7 Å². The third-order valence-corrected chi connectivity index (χ3v) is 4.58. The summed E-state index contributed by atoms with van der Waals surface area (Å²) in [6, 6.07) is 11.0. The van der Waals surface area contributed by atoms with Crippen molar-refractivity contribution < 1.29 is 33.8 Å². The molecule has 172 valence electrons. The summed E-state index contributed by atoms with van der Waals surface area (Å²) in [4.78, 5) is 47.8. The molecule has 2 aromatic rings. The highest BCUT2D eigenvalue weighted by atomic mass is 35.5. The number of carbonyl (C=O) groups is 4. The zero-order valence-corrected chi connectivity index (χ0v) is 18.2. The van der Waals surface area contributed by atoms with Gasteiger partial charge >= 0.3 is 12.0 Å². The summed E-state index contributed by atoms with van der Waals surface area (Å²) in [5, 5.41) is 14.0. The van der Waals surface area contributed by atoms with Crippen LogP contribution in [-0.2, 0) is 14.4 Å². The molecule has 2 aromatic carbocycles. The van der Waals surface area contributed by atoms with Crippen LogP contribution in [0.15, 0.2) is 48.2 Å². The standard InChI is InChI=1S/C22H20ClN3O7/c1-2-32-17-10-13(9-16-21(30)26(11-19(28)29)22(31)25-16)8-15(23)20(17)33-12-18(27)24-14-6-4-3-5-7-14/h3-10H,2,11-12H2,1H3,(H,24,27)(H,25,31)(H,28,29)/b16-9+. The maximum atomic E-state index is 12.3. The second-order valence-electron chi connectivity index (χ2n) is 6.74. The molecule has 1 fully saturated rings. The van der Waals surface area contributed by atoms with Crippen LogP contribution >= 0.6 is 11.6 Å². The number of benzene rings is 2. The molecule has 10 nitrogen and oxygen atoms in total. The molecular formula is C22H20ClN3O7. The Bertz CT molecular complexity index is 1120. The lowest BCUT2D eigenvalue weighted by Crippen LogP contribution is -2.35. The Kier molecular flexibility index (Phi) is 7.52. The highest BCUT2D eigenvalue weighted by Gasteiger charge is 2.35. The van der Waals surface area contributed by atoms with Gasteiger partial charge in [-0.15, -0.1) is 0 Å². The predicted octanol–water partition coefficient (Wildman–Crippen LogP) is 2.73. The summed E-state index contributed by atoms with van der Waals surface area (Å²) in [5.74, 6) is -2.14. The first kappa shape index (κ1) is 23.6. The number of carboxylic acid groups (broad SMARTS) is 1. The van der Waals surface area contributed by atoms with Gasteiger partial charge in [0.2, 0.25) is 0 Å². The van der Waals surface area contributed by atoms with E-state index in [1.807, 2.05) is 6.07 Å². The number of anilines is 1. The van der Waals surface area contributed by atoms with Crippen LogP contribution in [0.25, 0.3) is 6.08 Å². The van der Waals surface area contributed by atoms with E-state index in [-0.39, 0.29) is 35.4 Å². The summed E-state index contributed by atoms with van der Waals surface area (Å²) in [5.41, 5.74) is 0.894. The summed E-state index contributed by atoms with van der Waals surface area (Å²) in [7, 11) is 0. The zero-order chi connectivity index (χ0) is 24.0. The Morgan fingerprint density at radius 1 is 1.18 bits per heavy atom. The van der Waals surface area contributed by atoms with Crippen molar-refractivity contribution >= 4 is 47.2 Å². The molecule has 0 atom stereocenters. The molecule has 1 saturated heterocycles. The molecule has 0 bridgehead atoms. The van der Waals surface area contributed by atoms with Crippen molar-refractivity contribution in [2.24, 2.45) is 0 Å². The fraction of sp³-hybridized carbons (Fsp3) is 0.182. The molecule has 1 aliphatic rings. The van der Waals surface area contributed by atoms with Crippen molar-refractivity contribution in [1.82, 2.24) is 10.2 Å². The summed E-state index contributed by atoms with van der Waals surface area (Å²) in [6.07, 6.45) is 1.34. The molecule has 0 saturated carbocycles. The molecule has 0 aliphatic carbocycles. The minimum atomic E-state index is -1.32. The molecule has 4 amide bonds. The number of nitrogens with one attached hydrogen (secondary N) is 2. The summed E-state index contributed by atoms with van der Waals surface area (Å²) in [6.45, 7) is 0.930. The van der Waals surface area contributed by atoms with Crippen LogP contribution in [0.1, 0.15) is 12.5 Å². The van der Waals surface area contributed by atoms with Crippen LogP contribution in [0.4, 0.5) is 10.5 Å². The molecule has 11 heteroatoms. The number of amides is 4. The van der Waals surface area contributed by atoms with Gasteiger partial charge in [0.25, 0.3) is 11.8 Å². The Hall–Kier alpha value is -4.05. The number of halogens is 1. The molecular weight excluding hydrogens is 454 g/mol. The van der Waals surface area contributed by atoms with Crippen LogP contribution in [-0.4, -0.2) is 53.6 Å². The number of hydrogen-bond donors (Lipinski definition) is 3. The Morgan fingerprint density at radius 2 is 1.91 bits per heavy atom. The number of carboxylic acids is 1. The lowest BCUT2D eigenvalue weighted by Gasteiger charge is -2.14. The highest BCUT2D eigenvalue weighted by molar-refractivity contribution is 6.32. The predicted molar refractivity (Wildman–Crippen MR) is 119 cm³/mol. The van der Waals surface area contributed by atoms with E-state index < -0.39 is 30.4 Å². The third kappa shape index (κ3) is 6.01. The van der Waals surface area contributed by atoms with Gasteiger partial charge in [0.15, 0.2) is 18.1 Å². The van der Waals surface area contributed by atoms with Gasteiger partial charge in [-0.25, -0.2) is 9.69 Å². The first-order valence-corrected chi connectivity index (χ1v) is 10.2. The maximum absolute atomic E-state index is 12.3.